The van der Waals surface area contributed by atoms with E-state index in [0.29, 0.717) is 29.2 Å². The first kappa shape index (κ1) is 27.8. The summed E-state index contributed by atoms with van der Waals surface area (Å²) in [6.07, 6.45) is 1.39. The summed E-state index contributed by atoms with van der Waals surface area (Å²) in [6, 6.07) is 26.3. The van der Waals surface area contributed by atoms with Gasteiger partial charge in [0.05, 0.1) is 10.6 Å². The summed E-state index contributed by atoms with van der Waals surface area (Å²) >= 11 is 0. The first-order valence-corrected chi connectivity index (χ1v) is 12.9. The molecule has 4 aromatic carbocycles. The maximum absolute atomic E-state index is 13.2. The SMILES string of the molecule is Cc1ccc(COc2ccc(N3C(=O)NC(=O)/C(=C\c4ccc(OCc5cccc([N+](=O)[O-])c5)cc4)C3=O)cc2)cc1. The number of nitro benzene ring substituents is 1. The van der Waals surface area contributed by atoms with E-state index in [9.17, 15) is 24.5 Å². The van der Waals surface area contributed by atoms with Crippen LogP contribution in [-0.4, -0.2) is 22.8 Å². The van der Waals surface area contributed by atoms with Crippen LogP contribution in [0.1, 0.15) is 22.3 Å². The molecule has 210 valence electrons. The van der Waals surface area contributed by atoms with Crippen LogP contribution in [0.3, 0.4) is 0 Å². The third-order valence-corrected chi connectivity index (χ3v) is 6.44. The second-order valence-electron chi connectivity index (χ2n) is 9.51. The number of carbonyl (C=O) groups excluding carboxylic acids is 3. The summed E-state index contributed by atoms with van der Waals surface area (Å²) in [4.78, 5) is 49.8. The fourth-order valence-corrected chi connectivity index (χ4v) is 4.19. The van der Waals surface area contributed by atoms with Crippen molar-refractivity contribution < 1.29 is 28.8 Å². The summed E-state index contributed by atoms with van der Waals surface area (Å²) in [5, 5.41) is 13.2. The first-order valence-electron chi connectivity index (χ1n) is 12.9. The Balaban J connectivity index is 1.25. The lowest BCUT2D eigenvalue weighted by Gasteiger charge is -2.26. The van der Waals surface area contributed by atoms with Gasteiger partial charge in [0.2, 0.25) is 0 Å². The van der Waals surface area contributed by atoms with Gasteiger partial charge in [0.15, 0.2) is 0 Å². The molecule has 0 bridgehead atoms. The summed E-state index contributed by atoms with van der Waals surface area (Å²) in [6.45, 7) is 2.49. The molecule has 4 amide bonds. The molecule has 0 saturated carbocycles. The van der Waals surface area contributed by atoms with E-state index in [0.717, 1.165) is 16.0 Å². The third-order valence-electron chi connectivity index (χ3n) is 6.44. The Hall–Kier alpha value is -5.77. The molecule has 0 spiro atoms. The largest absolute Gasteiger partial charge is 0.489 e. The number of rotatable bonds is 9. The highest BCUT2D eigenvalue weighted by molar-refractivity contribution is 6.39. The van der Waals surface area contributed by atoms with Gasteiger partial charge in [-0.1, -0.05) is 54.1 Å². The quantitative estimate of drug-likeness (QED) is 0.119. The van der Waals surface area contributed by atoms with Gasteiger partial charge >= 0.3 is 6.03 Å². The van der Waals surface area contributed by atoms with Crippen molar-refractivity contribution in [1.82, 2.24) is 5.32 Å². The minimum absolute atomic E-state index is 0.0246. The van der Waals surface area contributed by atoms with Gasteiger partial charge in [0.25, 0.3) is 17.5 Å². The molecule has 1 aliphatic heterocycles. The van der Waals surface area contributed by atoms with Crippen LogP contribution in [0.2, 0.25) is 0 Å². The van der Waals surface area contributed by atoms with E-state index < -0.39 is 22.8 Å². The molecule has 4 aromatic rings. The number of anilines is 1. The zero-order valence-corrected chi connectivity index (χ0v) is 22.5. The van der Waals surface area contributed by atoms with E-state index in [1.54, 1.807) is 60.7 Å². The van der Waals surface area contributed by atoms with Crippen LogP contribution in [0.4, 0.5) is 16.2 Å². The number of aryl methyl sites for hydroxylation is 1. The maximum atomic E-state index is 13.2. The molecule has 1 heterocycles. The molecule has 0 aliphatic carbocycles. The summed E-state index contributed by atoms with van der Waals surface area (Å²) in [5.74, 6) is -0.512. The molecule has 10 heteroatoms. The lowest BCUT2D eigenvalue weighted by molar-refractivity contribution is -0.384. The van der Waals surface area contributed by atoms with Crippen LogP contribution >= 0.6 is 0 Å². The van der Waals surface area contributed by atoms with E-state index in [1.807, 2.05) is 31.2 Å². The lowest BCUT2D eigenvalue weighted by atomic mass is 10.1. The monoisotopic (exact) mass is 563 g/mol. The van der Waals surface area contributed by atoms with Crippen molar-refractivity contribution in [1.29, 1.82) is 0 Å². The minimum atomic E-state index is -0.847. The molecule has 0 unspecified atom stereocenters. The number of imide groups is 2. The fraction of sp³-hybridized carbons (Fsp3) is 0.0938. The summed E-state index contributed by atoms with van der Waals surface area (Å²) < 4.78 is 11.5. The topological polar surface area (TPSA) is 128 Å². The van der Waals surface area contributed by atoms with Gasteiger partial charge in [-0.2, -0.15) is 0 Å². The number of hydrogen-bond acceptors (Lipinski definition) is 7. The van der Waals surface area contributed by atoms with Gasteiger partial charge in [0.1, 0.15) is 30.3 Å². The number of nitro groups is 1. The van der Waals surface area contributed by atoms with Crippen LogP contribution in [0.15, 0.2) is 103 Å². The second kappa shape index (κ2) is 12.2. The molecule has 0 aromatic heterocycles. The van der Waals surface area contributed by atoms with Crippen LogP contribution in [-0.2, 0) is 22.8 Å². The van der Waals surface area contributed by atoms with Crippen molar-refractivity contribution in [3.05, 3.63) is 135 Å². The Morgan fingerprint density at radius 3 is 2.07 bits per heavy atom. The normalized spacial score (nSPS) is 14.1. The predicted octanol–water partition coefficient (Wildman–Crippen LogP) is 5.73. The fourth-order valence-electron chi connectivity index (χ4n) is 4.19. The predicted molar refractivity (Wildman–Crippen MR) is 155 cm³/mol. The van der Waals surface area contributed by atoms with Gasteiger partial charge in [-0.25, -0.2) is 9.69 Å². The van der Waals surface area contributed by atoms with E-state index in [2.05, 4.69) is 5.32 Å². The standard InChI is InChI=1S/C32H25N3O7/c1-21-5-7-23(8-6-21)19-41-28-15-11-25(12-16-28)34-31(37)29(30(36)33-32(34)38)18-22-9-13-27(14-10-22)42-20-24-3-2-4-26(17-24)35(39)40/h2-18H,19-20H2,1H3,(H,33,36,38)/b29-18+. The Bertz CT molecular complexity index is 1680. The van der Waals surface area contributed by atoms with Gasteiger partial charge < -0.3 is 9.47 Å². The van der Waals surface area contributed by atoms with Crippen molar-refractivity contribution in [2.45, 2.75) is 20.1 Å². The molecule has 0 radical (unpaired) electrons. The molecule has 10 nitrogen and oxygen atoms in total. The van der Waals surface area contributed by atoms with Crippen molar-refractivity contribution in [2.24, 2.45) is 0 Å². The number of carbonyl (C=O) groups is 3. The highest BCUT2D eigenvalue weighted by Gasteiger charge is 2.36. The summed E-state index contributed by atoms with van der Waals surface area (Å²) in [7, 11) is 0. The highest BCUT2D eigenvalue weighted by atomic mass is 16.6. The zero-order valence-electron chi connectivity index (χ0n) is 22.5. The number of nitrogens with zero attached hydrogens (tertiary/aromatic N) is 2. The van der Waals surface area contributed by atoms with Crippen molar-refractivity contribution in [3.8, 4) is 11.5 Å². The second-order valence-corrected chi connectivity index (χ2v) is 9.51. The first-order chi connectivity index (χ1) is 20.3. The maximum Gasteiger partial charge on any atom is 0.335 e. The number of urea groups is 1. The van der Waals surface area contributed by atoms with Gasteiger partial charge in [-0.05, 0) is 66.1 Å². The highest BCUT2D eigenvalue weighted by Crippen LogP contribution is 2.25. The minimum Gasteiger partial charge on any atom is -0.489 e. The molecular weight excluding hydrogens is 538 g/mol. The number of hydrogen-bond donors (Lipinski definition) is 1. The van der Waals surface area contributed by atoms with Crippen molar-refractivity contribution in [2.75, 3.05) is 4.90 Å². The van der Waals surface area contributed by atoms with Gasteiger partial charge in [-0.15, -0.1) is 0 Å². The number of non-ortho nitro benzene ring substituents is 1. The Kier molecular flexibility index (Phi) is 8.05. The van der Waals surface area contributed by atoms with Crippen LogP contribution in [0.5, 0.6) is 11.5 Å². The molecule has 1 N–H and O–H groups in total. The molecule has 1 fully saturated rings. The number of benzene rings is 4. The Morgan fingerprint density at radius 1 is 0.810 bits per heavy atom. The average molecular weight is 564 g/mol. The molecule has 42 heavy (non-hydrogen) atoms. The average Bonchev–Trinajstić information content (AvgIpc) is 2.99. The van der Waals surface area contributed by atoms with E-state index in [1.165, 1.54) is 18.2 Å². The van der Waals surface area contributed by atoms with E-state index in [-0.39, 0.29) is 23.6 Å². The van der Waals surface area contributed by atoms with E-state index >= 15 is 0 Å². The van der Waals surface area contributed by atoms with Crippen molar-refractivity contribution in [3.63, 3.8) is 0 Å². The zero-order chi connectivity index (χ0) is 29.6. The Morgan fingerprint density at radius 2 is 1.43 bits per heavy atom. The number of ether oxygens (including phenoxy) is 2. The van der Waals surface area contributed by atoms with Gasteiger partial charge in [-0.3, -0.25) is 25.0 Å². The molecular formula is C32H25N3O7. The Labute approximate surface area is 241 Å². The molecule has 1 aliphatic rings. The van der Waals surface area contributed by atoms with Crippen molar-refractivity contribution >= 4 is 35.3 Å². The number of barbiturate groups is 1. The smallest absolute Gasteiger partial charge is 0.335 e. The number of amides is 4. The summed E-state index contributed by atoms with van der Waals surface area (Å²) in [5.41, 5.74) is 3.37. The van der Waals surface area contributed by atoms with E-state index in [4.69, 9.17) is 9.47 Å². The lowest BCUT2D eigenvalue weighted by Crippen LogP contribution is -2.54. The van der Waals surface area contributed by atoms with Crippen LogP contribution in [0.25, 0.3) is 6.08 Å². The molecule has 1 saturated heterocycles. The van der Waals surface area contributed by atoms with Crippen LogP contribution in [0, 0.1) is 17.0 Å². The third kappa shape index (κ3) is 6.50. The molecule has 5 rings (SSSR count). The molecule has 0 atom stereocenters. The number of nitrogens with one attached hydrogen (secondary N) is 1. The van der Waals surface area contributed by atoms with Gasteiger partial charge in [0, 0.05) is 12.1 Å². The van der Waals surface area contributed by atoms with Crippen LogP contribution < -0.4 is 19.7 Å².